The monoisotopic (exact) mass is 634 g/mol. The van der Waals surface area contributed by atoms with Crippen LogP contribution < -0.4 is 9.47 Å². The Morgan fingerprint density at radius 1 is 0.500 bits per heavy atom. The third-order valence-corrected chi connectivity index (χ3v) is 6.53. The van der Waals surface area contributed by atoms with Gasteiger partial charge >= 0.3 is 35.8 Å². The van der Waals surface area contributed by atoms with Crippen LogP contribution in [0.4, 0.5) is 0 Å². The van der Waals surface area contributed by atoms with Crippen molar-refractivity contribution in [3.8, 4) is 11.5 Å². The van der Waals surface area contributed by atoms with Gasteiger partial charge in [0.15, 0.2) is 0 Å². The molecule has 0 spiro atoms. The highest BCUT2D eigenvalue weighted by Crippen LogP contribution is 2.33. The second kappa shape index (κ2) is 16.0. The van der Waals surface area contributed by atoms with Crippen LogP contribution >= 0.6 is 0 Å². The van der Waals surface area contributed by atoms with Gasteiger partial charge in [-0.1, -0.05) is 18.2 Å². The molecule has 0 aliphatic heterocycles. The molecule has 0 radical (unpaired) electrons. The minimum Gasteiger partial charge on any atom is -0.462 e. The summed E-state index contributed by atoms with van der Waals surface area (Å²) in [6.07, 6.45) is 0. The molecule has 0 bridgehead atoms. The van der Waals surface area contributed by atoms with Crippen molar-refractivity contribution in [1.82, 2.24) is 0 Å². The van der Waals surface area contributed by atoms with Gasteiger partial charge in [-0.25, -0.2) is 28.8 Å². The molecule has 0 amide bonds. The fourth-order valence-corrected chi connectivity index (χ4v) is 4.34. The molecule has 0 saturated heterocycles. The van der Waals surface area contributed by atoms with Crippen LogP contribution in [0, 0.1) is 13.8 Å². The van der Waals surface area contributed by atoms with Crippen molar-refractivity contribution in [2.75, 3.05) is 26.4 Å². The Hall–Kier alpha value is -5.52. The van der Waals surface area contributed by atoms with E-state index in [2.05, 4.69) is 0 Å². The minimum atomic E-state index is -1.07. The van der Waals surface area contributed by atoms with E-state index >= 15 is 0 Å². The zero-order valence-corrected chi connectivity index (χ0v) is 26.3. The number of ether oxygens (including phenoxy) is 6. The summed E-state index contributed by atoms with van der Waals surface area (Å²) >= 11 is 0. The molecule has 0 fully saturated rings. The van der Waals surface area contributed by atoms with Crippen LogP contribution in [0.3, 0.4) is 0 Å². The first-order valence-corrected chi connectivity index (χ1v) is 14.5. The fourth-order valence-electron chi connectivity index (χ4n) is 4.34. The van der Waals surface area contributed by atoms with E-state index in [4.69, 9.17) is 28.4 Å². The Kier molecular flexibility index (Phi) is 12.1. The molecular formula is C34H34O12. The first kappa shape index (κ1) is 35.0. The lowest BCUT2D eigenvalue weighted by Gasteiger charge is -2.18. The lowest BCUT2D eigenvalue weighted by Crippen LogP contribution is -2.22. The standard InChI is InChI=1S/C34H34O12/c1-7-41-29(35)23-16-13-17-25(26(23)33(39)43-9-3)45-31(37)21-14-11-12-15-22(21)32(38)46-28-20(6)19(5)18-24(30(36)42-8-2)27(28)34(40)44-10-4/h11-18H,7-10H2,1-6H3. The van der Waals surface area contributed by atoms with Gasteiger partial charge in [0.25, 0.3) is 0 Å². The summed E-state index contributed by atoms with van der Waals surface area (Å²) in [5.41, 5.74) is -0.649. The van der Waals surface area contributed by atoms with Gasteiger partial charge < -0.3 is 28.4 Å². The summed E-state index contributed by atoms with van der Waals surface area (Å²) < 4.78 is 31.6. The summed E-state index contributed by atoms with van der Waals surface area (Å²) in [5, 5.41) is 0. The molecule has 0 saturated carbocycles. The Bertz CT molecular complexity index is 1670. The number of rotatable bonds is 12. The number of carbonyl (C=O) groups excluding carboxylic acids is 6. The normalized spacial score (nSPS) is 10.4. The Balaban J connectivity index is 2.08. The van der Waals surface area contributed by atoms with Gasteiger partial charge in [0.1, 0.15) is 22.6 Å². The van der Waals surface area contributed by atoms with Gasteiger partial charge in [-0.05, 0) is 83.0 Å². The molecule has 3 aromatic carbocycles. The summed E-state index contributed by atoms with van der Waals surface area (Å²) in [6, 6.07) is 11.0. The largest absolute Gasteiger partial charge is 0.462 e. The zero-order valence-electron chi connectivity index (χ0n) is 26.3. The van der Waals surface area contributed by atoms with Gasteiger partial charge in [-0.3, -0.25) is 0 Å². The highest BCUT2D eigenvalue weighted by Gasteiger charge is 2.31. The molecule has 0 aliphatic rings. The van der Waals surface area contributed by atoms with Crippen molar-refractivity contribution < 1.29 is 57.2 Å². The molecule has 3 rings (SSSR count). The second-order valence-corrected chi connectivity index (χ2v) is 9.46. The zero-order chi connectivity index (χ0) is 34.0. The predicted molar refractivity (Wildman–Crippen MR) is 163 cm³/mol. The highest BCUT2D eigenvalue weighted by atomic mass is 16.6. The first-order chi connectivity index (χ1) is 22.0. The molecule has 0 aromatic heterocycles. The van der Waals surface area contributed by atoms with Crippen molar-refractivity contribution >= 4 is 35.8 Å². The number of carbonyl (C=O) groups is 6. The number of esters is 6. The average Bonchev–Trinajstić information content (AvgIpc) is 3.03. The molecule has 46 heavy (non-hydrogen) atoms. The van der Waals surface area contributed by atoms with E-state index in [-0.39, 0.29) is 71.3 Å². The van der Waals surface area contributed by atoms with Crippen molar-refractivity contribution in [3.63, 3.8) is 0 Å². The van der Waals surface area contributed by atoms with E-state index in [1.165, 1.54) is 48.5 Å². The number of hydrogen-bond donors (Lipinski definition) is 0. The van der Waals surface area contributed by atoms with E-state index in [0.717, 1.165) is 0 Å². The van der Waals surface area contributed by atoms with Crippen LogP contribution in [0.25, 0.3) is 0 Å². The second-order valence-electron chi connectivity index (χ2n) is 9.46. The van der Waals surface area contributed by atoms with E-state index in [9.17, 15) is 28.8 Å². The van der Waals surface area contributed by atoms with Gasteiger partial charge in [-0.2, -0.15) is 0 Å². The topological polar surface area (TPSA) is 158 Å². The lowest BCUT2D eigenvalue weighted by atomic mass is 9.97. The van der Waals surface area contributed by atoms with Gasteiger partial charge in [0.05, 0.1) is 48.7 Å². The molecule has 0 aliphatic carbocycles. The third-order valence-electron chi connectivity index (χ3n) is 6.53. The van der Waals surface area contributed by atoms with E-state index in [1.807, 2.05) is 0 Å². The van der Waals surface area contributed by atoms with E-state index < -0.39 is 35.8 Å². The summed E-state index contributed by atoms with van der Waals surface area (Å²) in [4.78, 5) is 78.4. The molecule has 0 N–H and O–H groups in total. The van der Waals surface area contributed by atoms with Crippen LogP contribution in [0.1, 0.15) is 101 Å². The Morgan fingerprint density at radius 3 is 1.50 bits per heavy atom. The maximum Gasteiger partial charge on any atom is 0.344 e. The first-order valence-electron chi connectivity index (χ1n) is 14.5. The summed E-state index contributed by atoms with van der Waals surface area (Å²) in [6.45, 7) is 9.58. The van der Waals surface area contributed by atoms with Crippen molar-refractivity contribution in [1.29, 1.82) is 0 Å². The maximum absolute atomic E-state index is 13.6. The molecule has 0 heterocycles. The van der Waals surface area contributed by atoms with Crippen LogP contribution in [-0.4, -0.2) is 62.2 Å². The van der Waals surface area contributed by atoms with Gasteiger partial charge in [0.2, 0.25) is 0 Å². The van der Waals surface area contributed by atoms with Crippen LogP contribution in [-0.2, 0) is 18.9 Å². The molecule has 12 nitrogen and oxygen atoms in total. The van der Waals surface area contributed by atoms with Crippen LogP contribution in [0.2, 0.25) is 0 Å². The molecule has 3 aromatic rings. The van der Waals surface area contributed by atoms with Crippen LogP contribution in [0.5, 0.6) is 11.5 Å². The van der Waals surface area contributed by atoms with Crippen molar-refractivity contribution in [2.45, 2.75) is 41.5 Å². The fraction of sp³-hybridized carbons (Fsp3) is 0.294. The average molecular weight is 635 g/mol. The third kappa shape index (κ3) is 7.76. The SMILES string of the molecule is CCOC(=O)c1cccc(OC(=O)c2ccccc2C(=O)Oc2c(C)c(C)cc(C(=O)OCC)c2C(=O)OCC)c1C(=O)OCC. The summed E-state index contributed by atoms with van der Waals surface area (Å²) in [5.74, 6) is -6.20. The molecular weight excluding hydrogens is 600 g/mol. The van der Waals surface area contributed by atoms with Gasteiger partial charge in [0, 0.05) is 0 Å². The van der Waals surface area contributed by atoms with Gasteiger partial charge in [-0.15, -0.1) is 0 Å². The predicted octanol–water partition coefficient (Wildman–Crippen LogP) is 5.45. The Labute approximate surface area is 265 Å². The molecule has 242 valence electrons. The molecule has 0 unspecified atom stereocenters. The Morgan fingerprint density at radius 2 is 0.957 bits per heavy atom. The van der Waals surface area contributed by atoms with Crippen molar-refractivity contribution in [2.24, 2.45) is 0 Å². The molecule has 12 heteroatoms. The summed E-state index contributed by atoms with van der Waals surface area (Å²) in [7, 11) is 0. The number of aryl methyl sites for hydroxylation is 1. The van der Waals surface area contributed by atoms with E-state index in [0.29, 0.717) is 11.1 Å². The quantitative estimate of drug-likeness (QED) is 0.141. The van der Waals surface area contributed by atoms with E-state index in [1.54, 1.807) is 41.5 Å². The number of benzene rings is 3. The number of hydrogen-bond acceptors (Lipinski definition) is 12. The lowest BCUT2D eigenvalue weighted by molar-refractivity contribution is 0.0471. The van der Waals surface area contributed by atoms with Crippen LogP contribution in [0.15, 0.2) is 48.5 Å². The smallest absolute Gasteiger partial charge is 0.344 e. The molecule has 0 atom stereocenters. The maximum atomic E-state index is 13.6. The van der Waals surface area contributed by atoms with Crippen molar-refractivity contribution in [3.05, 3.63) is 93.0 Å². The minimum absolute atomic E-state index is 0.0257. The highest BCUT2D eigenvalue weighted by molar-refractivity contribution is 6.09.